The number of aliphatic imine (C=N–C) groups is 8. The van der Waals surface area contributed by atoms with E-state index in [2.05, 4.69) is 39.5 Å². The van der Waals surface area contributed by atoms with E-state index in [4.69, 9.17) is 39.9 Å². The van der Waals surface area contributed by atoms with Gasteiger partial charge in [0.15, 0.2) is 46.7 Å². The first-order valence-corrected chi connectivity index (χ1v) is 47.7. The molecule has 4 aromatic rings. The van der Waals surface area contributed by atoms with E-state index in [0.29, 0.717) is 46.7 Å². The number of amidine groups is 8. The molecule has 0 radical (unpaired) electrons. The van der Waals surface area contributed by atoms with Gasteiger partial charge in [0.25, 0.3) is 0 Å². The molecule has 13 heteroatoms. The number of hydrogen-bond acceptors (Lipinski definition) is 12. The van der Waals surface area contributed by atoms with Crippen LogP contribution in [0, 0.1) is 0 Å². The van der Waals surface area contributed by atoms with Gasteiger partial charge in [-0.25, -0.2) is 39.9 Å². The van der Waals surface area contributed by atoms with E-state index in [1.807, 2.05) is 145 Å². The van der Waals surface area contributed by atoms with Crippen molar-refractivity contribution in [2.45, 2.75) is 329 Å². The molecule has 8 nitrogen and oxygen atoms in total. The quantitative estimate of drug-likeness (QED) is 0.0325. The van der Waals surface area contributed by atoms with Gasteiger partial charge in [0, 0.05) is 61.6 Å². The van der Waals surface area contributed by atoms with Crippen LogP contribution < -0.4 is 0 Å². The van der Waals surface area contributed by atoms with Crippen LogP contribution in [0.2, 0.25) is 0 Å². The van der Waals surface area contributed by atoms with Gasteiger partial charge in [-0.2, -0.15) is 47.0 Å². The smallest absolute Gasteiger partial charge is 0.164 e. The summed E-state index contributed by atoms with van der Waals surface area (Å²) >= 11 is 7.71. The minimum Gasteiger partial charge on any atom is -0.208 e. The summed E-state index contributed by atoms with van der Waals surface area (Å²) in [5.74, 6) is 8.49. The Morgan fingerprint density at radius 3 is 0.394 bits per heavy atom. The number of hydrogen-bond donors (Lipinski definition) is 0. The molecule has 0 saturated heterocycles. The van der Waals surface area contributed by atoms with Crippen LogP contribution in [0.3, 0.4) is 0 Å². The summed E-state index contributed by atoms with van der Waals surface area (Å²) in [7, 11) is 0. The molecule has 0 aliphatic carbocycles. The van der Waals surface area contributed by atoms with Gasteiger partial charge in [0.05, 0.1) is 0 Å². The van der Waals surface area contributed by atoms with Gasteiger partial charge in [-0.15, -0.1) is 0 Å². The number of fused-ring (bicyclic) bond motifs is 16. The van der Waals surface area contributed by atoms with Crippen LogP contribution in [-0.2, 0) is 17.1 Å². The third kappa shape index (κ3) is 38.5. The number of benzene rings is 4. The third-order valence-electron chi connectivity index (χ3n) is 19.9. The predicted octanol–water partition coefficient (Wildman–Crippen LogP) is 28.6. The topological polar surface area (TPSA) is 98.9 Å². The van der Waals surface area contributed by atoms with Crippen LogP contribution in [-0.4, -0.2) is 95.2 Å². The Morgan fingerprint density at radius 1 is 0.183 bits per heavy atom. The fourth-order valence-corrected chi connectivity index (χ4v) is 15.3. The molecule has 0 saturated carbocycles. The molecule has 0 spiro atoms. The van der Waals surface area contributed by atoms with Crippen LogP contribution in [0.5, 0.6) is 0 Å². The van der Waals surface area contributed by atoms with Crippen molar-refractivity contribution in [1.29, 1.82) is 0 Å². The molecule has 4 aromatic carbocycles. The Morgan fingerprint density at radius 2 is 0.288 bits per heavy atom. The Bertz CT molecular complexity index is 2670. The maximum absolute atomic E-state index is 4.95. The van der Waals surface area contributed by atoms with Gasteiger partial charge in [-0.3, -0.25) is 0 Å². The SMILES string of the molecule is CCCCCCCCCCCCCCCCCCSC.CCCCCCCCCCCCCCCCCCSC.CCCCCCCCCCCCCCCCCCSC.CSC.[Fe].c1ccc2c(c1)C1=NC2=NC2=NC(=NC3=NC(=NC4=NC(=N1)c1ccccc14)c1ccccc13)c1ccccc12. The monoisotopic (exact) mass is 1530 g/mol. The van der Waals surface area contributed by atoms with Crippen molar-refractivity contribution in [3.63, 3.8) is 0 Å². The molecule has 5 aliphatic rings. The maximum atomic E-state index is 4.95. The summed E-state index contributed by atoms with van der Waals surface area (Å²) in [6, 6.07) is 31.8. The maximum Gasteiger partial charge on any atom is 0.164 e. The third-order valence-corrected chi connectivity index (χ3v) is 22.0. The fourth-order valence-electron chi connectivity index (χ4n) is 13.8. The van der Waals surface area contributed by atoms with E-state index in [1.165, 1.54) is 325 Å². The zero-order valence-electron chi connectivity index (χ0n) is 66.9. The molecule has 5 heterocycles. The van der Waals surface area contributed by atoms with Crippen molar-refractivity contribution in [3.8, 4) is 0 Å². The normalized spacial score (nSPS) is 13.2. The summed E-state index contributed by atoms with van der Waals surface area (Å²) in [5, 5.41) is 0. The fraction of sp³-hybridized carbons (Fsp3) is 0.648. The van der Waals surface area contributed by atoms with Crippen molar-refractivity contribution in [2.75, 3.05) is 48.5 Å². The summed E-state index contributed by atoms with van der Waals surface area (Å²) in [6.45, 7) is 6.89. The summed E-state index contributed by atoms with van der Waals surface area (Å²) in [5.41, 5.74) is 7.15. The Labute approximate surface area is 664 Å². The molecular formula is C91H142FeN8S4. The van der Waals surface area contributed by atoms with Crippen molar-refractivity contribution >= 4 is 93.7 Å². The minimum absolute atomic E-state index is 0. The second kappa shape index (κ2) is 63.0. The van der Waals surface area contributed by atoms with E-state index in [9.17, 15) is 0 Å². The molecule has 0 aromatic heterocycles. The molecule has 0 atom stereocenters. The van der Waals surface area contributed by atoms with E-state index in [-0.39, 0.29) is 17.1 Å². The van der Waals surface area contributed by atoms with Crippen molar-refractivity contribution in [1.82, 2.24) is 0 Å². The van der Waals surface area contributed by atoms with E-state index in [1.54, 1.807) is 11.8 Å². The van der Waals surface area contributed by atoms with Crippen molar-refractivity contribution < 1.29 is 17.1 Å². The van der Waals surface area contributed by atoms with E-state index >= 15 is 0 Å². The van der Waals surface area contributed by atoms with Gasteiger partial charge < -0.3 is 0 Å². The Hall–Kier alpha value is -3.84. The summed E-state index contributed by atoms with van der Waals surface area (Å²) < 4.78 is 0. The second-order valence-corrected chi connectivity index (χ2v) is 32.7. The molecule has 0 N–H and O–H groups in total. The van der Waals surface area contributed by atoms with Gasteiger partial charge in [-0.05, 0) is 67.8 Å². The number of rotatable bonds is 51. The van der Waals surface area contributed by atoms with Crippen LogP contribution in [0.25, 0.3) is 0 Å². The first-order valence-electron chi connectivity index (χ1n) is 41.9. The van der Waals surface area contributed by atoms with Gasteiger partial charge in [0.2, 0.25) is 0 Å². The zero-order chi connectivity index (χ0) is 73.1. The zero-order valence-corrected chi connectivity index (χ0v) is 71.2. The Kier molecular flexibility index (Phi) is 56.0. The predicted molar refractivity (Wildman–Crippen MR) is 471 cm³/mol. The van der Waals surface area contributed by atoms with Crippen LogP contribution in [0.4, 0.5) is 0 Å². The first-order chi connectivity index (χ1) is 51.0. The molecule has 0 unspecified atom stereocenters. The number of nitrogens with zero attached hydrogens (tertiary/aromatic N) is 8. The molecule has 578 valence electrons. The average Bonchev–Trinajstić information content (AvgIpc) is 1.61. The molecule has 104 heavy (non-hydrogen) atoms. The molecule has 5 aliphatic heterocycles. The van der Waals surface area contributed by atoms with Gasteiger partial charge >= 0.3 is 0 Å². The van der Waals surface area contributed by atoms with Crippen molar-refractivity contribution in [2.24, 2.45) is 39.9 Å². The van der Waals surface area contributed by atoms with Crippen molar-refractivity contribution in [3.05, 3.63) is 142 Å². The largest absolute Gasteiger partial charge is 0.208 e. The molecular weight excluding hydrogens is 1390 g/mol. The summed E-state index contributed by atoms with van der Waals surface area (Å²) in [6.07, 6.45) is 81.2. The van der Waals surface area contributed by atoms with E-state index < -0.39 is 0 Å². The van der Waals surface area contributed by atoms with Gasteiger partial charge in [0.1, 0.15) is 0 Å². The van der Waals surface area contributed by atoms with Crippen LogP contribution in [0.15, 0.2) is 137 Å². The van der Waals surface area contributed by atoms with Crippen LogP contribution in [0.1, 0.15) is 373 Å². The Balaban J connectivity index is 0.000000310. The standard InChI is InChI=1S/C32H16N8.3C19H40S.C2H6S.Fe/c1-2-10-18-17(9-1)25-33-26(18)38-28-21-13-5-6-14-22(21)30(35-28)40-32-24-16-8-7-15-23(24)31(36-32)39-29-20-12-4-3-11-19(20)27(34-29)37-25;3*1-3-4-5-6-7-8-9-10-11-12-13-14-15-16-17-18-19-20-2;1-3-2;/h1-16H;3*3-19H2,1-2H3;1-2H3;. The van der Waals surface area contributed by atoms with Crippen LogP contribution >= 0.6 is 47.0 Å². The average molecular weight is 1530 g/mol. The first kappa shape index (κ1) is 92.5. The molecule has 9 rings (SSSR count). The minimum atomic E-state index is 0. The number of unbranched alkanes of at least 4 members (excludes halogenated alkanes) is 45. The van der Waals surface area contributed by atoms with Gasteiger partial charge in [-0.1, -0.05) is 407 Å². The van der Waals surface area contributed by atoms with E-state index in [0.717, 1.165) is 44.5 Å². The number of thioether (sulfide) groups is 4. The molecule has 0 fully saturated rings. The summed E-state index contributed by atoms with van der Waals surface area (Å²) in [4.78, 5) is 39.3. The molecule has 8 bridgehead atoms. The molecule has 0 amide bonds. The second-order valence-electron chi connectivity index (χ2n) is 29.0.